The van der Waals surface area contributed by atoms with Crippen LogP contribution < -0.4 is 20.1 Å². The maximum absolute atomic E-state index is 13.7. The summed E-state index contributed by atoms with van der Waals surface area (Å²) in [4.78, 5) is 8.01. The first-order chi connectivity index (χ1) is 17.3. The van der Waals surface area contributed by atoms with Gasteiger partial charge in [-0.1, -0.05) is 45.2 Å². The first-order valence-corrected chi connectivity index (χ1v) is 12.3. The van der Waals surface area contributed by atoms with Gasteiger partial charge in [0.1, 0.15) is 22.9 Å². The highest BCUT2D eigenvalue weighted by Crippen LogP contribution is 2.37. The van der Waals surface area contributed by atoms with Gasteiger partial charge < -0.3 is 20.1 Å². The summed E-state index contributed by atoms with van der Waals surface area (Å²) in [6.45, 7) is 6.67. The Bertz CT molecular complexity index is 1090. The van der Waals surface area contributed by atoms with Gasteiger partial charge in [0.05, 0.1) is 18.4 Å². The fourth-order valence-corrected chi connectivity index (χ4v) is 3.33. The van der Waals surface area contributed by atoms with Crippen LogP contribution in [0.1, 0.15) is 58.4 Å². The predicted molar refractivity (Wildman–Crippen MR) is 137 cm³/mol. The topological polar surface area (TPSA) is 68.3 Å². The van der Waals surface area contributed by atoms with E-state index in [9.17, 15) is 13.2 Å². The maximum atomic E-state index is 13.7. The number of halogens is 3. The maximum Gasteiger partial charge on any atom is 0.421 e. The van der Waals surface area contributed by atoms with E-state index in [1.165, 1.54) is 12.8 Å². The summed E-state index contributed by atoms with van der Waals surface area (Å²) >= 11 is 0. The van der Waals surface area contributed by atoms with Gasteiger partial charge in [0.15, 0.2) is 0 Å². The van der Waals surface area contributed by atoms with E-state index in [1.54, 1.807) is 48.5 Å². The van der Waals surface area contributed by atoms with E-state index >= 15 is 0 Å². The highest BCUT2D eigenvalue weighted by atomic mass is 19.4. The average Bonchev–Trinajstić information content (AvgIpc) is 2.85. The van der Waals surface area contributed by atoms with Gasteiger partial charge in [0.2, 0.25) is 5.95 Å². The Balaban J connectivity index is 1.76. The molecule has 1 aromatic heterocycles. The number of anilines is 4. The monoisotopic (exact) mass is 502 g/mol. The van der Waals surface area contributed by atoms with Crippen molar-refractivity contribution in [3.05, 3.63) is 60.3 Å². The molecule has 2 N–H and O–H groups in total. The Morgan fingerprint density at radius 2 is 1.69 bits per heavy atom. The van der Waals surface area contributed by atoms with E-state index in [-0.39, 0.29) is 17.9 Å². The molecule has 0 fully saturated rings. The van der Waals surface area contributed by atoms with Gasteiger partial charge >= 0.3 is 6.18 Å². The molecule has 3 rings (SSSR count). The molecule has 0 aliphatic carbocycles. The SMILES string of the molecule is CCCCCCOc1ccc(Nc2ncc(C(F)(F)F)c(Nc3ccccc3OC(C)CC)n2)cc1. The smallest absolute Gasteiger partial charge is 0.421 e. The molecule has 1 atom stereocenters. The van der Waals surface area contributed by atoms with Crippen molar-refractivity contribution in [1.29, 1.82) is 0 Å². The molecule has 2 aromatic carbocycles. The molecule has 1 unspecified atom stereocenters. The Kier molecular flexibility index (Phi) is 9.78. The quantitative estimate of drug-likeness (QED) is 0.230. The van der Waals surface area contributed by atoms with Crippen LogP contribution in [0.5, 0.6) is 11.5 Å². The third kappa shape index (κ3) is 8.03. The number of unbranched alkanes of at least 4 members (excludes halogenated alkanes) is 3. The summed E-state index contributed by atoms with van der Waals surface area (Å²) in [7, 11) is 0. The average molecular weight is 503 g/mol. The van der Waals surface area contributed by atoms with Crippen LogP contribution in [0, 0.1) is 0 Å². The number of hydrogen-bond donors (Lipinski definition) is 2. The van der Waals surface area contributed by atoms with Crippen LogP contribution in [0.15, 0.2) is 54.7 Å². The highest BCUT2D eigenvalue weighted by Gasteiger charge is 2.35. The molecule has 3 aromatic rings. The van der Waals surface area contributed by atoms with E-state index in [2.05, 4.69) is 27.5 Å². The summed E-state index contributed by atoms with van der Waals surface area (Å²) in [5.41, 5.74) is 0.0335. The molecule has 0 amide bonds. The second-order valence-corrected chi connectivity index (χ2v) is 8.47. The lowest BCUT2D eigenvalue weighted by molar-refractivity contribution is -0.137. The van der Waals surface area contributed by atoms with E-state index in [4.69, 9.17) is 9.47 Å². The Labute approximate surface area is 210 Å². The molecule has 0 aliphatic rings. The fraction of sp³-hybridized carbons (Fsp3) is 0.407. The van der Waals surface area contributed by atoms with Crippen LogP contribution in [0.25, 0.3) is 0 Å². The van der Waals surface area contributed by atoms with Crippen LogP contribution in [-0.4, -0.2) is 22.7 Å². The molecule has 0 spiro atoms. The van der Waals surface area contributed by atoms with E-state index in [0.29, 0.717) is 23.7 Å². The van der Waals surface area contributed by atoms with Gasteiger partial charge in [0, 0.05) is 11.9 Å². The van der Waals surface area contributed by atoms with Crippen molar-refractivity contribution in [2.45, 2.75) is 65.2 Å². The lowest BCUT2D eigenvalue weighted by atomic mass is 10.2. The zero-order valence-electron chi connectivity index (χ0n) is 20.9. The number of nitrogens with one attached hydrogen (secondary N) is 2. The Hall–Kier alpha value is -3.49. The molecule has 0 aliphatic heterocycles. The first-order valence-electron chi connectivity index (χ1n) is 12.3. The number of aromatic nitrogens is 2. The largest absolute Gasteiger partial charge is 0.494 e. The summed E-state index contributed by atoms with van der Waals surface area (Å²) in [5, 5.41) is 5.75. The minimum Gasteiger partial charge on any atom is -0.494 e. The molecule has 0 bridgehead atoms. The number of para-hydroxylation sites is 2. The standard InChI is InChI=1S/C27H33F3N4O2/c1-4-6-7-10-17-35-21-15-13-20(14-16-21)32-26-31-18-22(27(28,29)30)25(34-26)33-23-11-8-9-12-24(23)36-19(3)5-2/h8-9,11-16,18-19H,4-7,10,17H2,1-3H3,(H2,31,32,33,34). The molecule has 36 heavy (non-hydrogen) atoms. The third-order valence-corrected chi connectivity index (χ3v) is 5.51. The second-order valence-electron chi connectivity index (χ2n) is 8.47. The van der Waals surface area contributed by atoms with Crippen molar-refractivity contribution >= 4 is 23.1 Å². The summed E-state index contributed by atoms with van der Waals surface area (Å²) in [5.74, 6) is 0.829. The Morgan fingerprint density at radius 3 is 2.39 bits per heavy atom. The minimum absolute atomic E-state index is 0.0269. The highest BCUT2D eigenvalue weighted by molar-refractivity contribution is 5.67. The van der Waals surface area contributed by atoms with E-state index < -0.39 is 11.7 Å². The molecule has 0 radical (unpaired) electrons. The molecule has 0 saturated heterocycles. The fourth-order valence-electron chi connectivity index (χ4n) is 3.33. The number of hydrogen-bond acceptors (Lipinski definition) is 6. The van der Waals surface area contributed by atoms with Crippen molar-refractivity contribution in [3.8, 4) is 11.5 Å². The van der Waals surface area contributed by atoms with Crippen LogP contribution >= 0.6 is 0 Å². The molecular formula is C27H33F3N4O2. The van der Waals surface area contributed by atoms with E-state index in [0.717, 1.165) is 31.2 Å². The summed E-state index contributed by atoms with van der Waals surface area (Å²) in [6.07, 6.45) is 1.27. The van der Waals surface area contributed by atoms with Gasteiger partial charge in [0.25, 0.3) is 0 Å². The van der Waals surface area contributed by atoms with Gasteiger partial charge in [-0.25, -0.2) is 4.98 Å². The molecular weight excluding hydrogens is 469 g/mol. The van der Waals surface area contributed by atoms with Crippen LogP contribution in [-0.2, 0) is 6.18 Å². The van der Waals surface area contributed by atoms with Crippen molar-refractivity contribution in [3.63, 3.8) is 0 Å². The third-order valence-electron chi connectivity index (χ3n) is 5.51. The van der Waals surface area contributed by atoms with Crippen LogP contribution in [0.4, 0.5) is 36.3 Å². The van der Waals surface area contributed by atoms with Crippen molar-refractivity contribution in [2.75, 3.05) is 17.2 Å². The van der Waals surface area contributed by atoms with Gasteiger partial charge in [-0.15, -0.1) is 0 Å². The van der Waals surface area contributed by atoms with Crippen LogP contribution in [0.3, 0.4) is 0 Å². The van der Waals surface area contributed by atoms with E-state index in [1.807, 2.05) is 13.8 Å². The van der Waals surface area contributed by atoms with Gasteiger partial charge in [-0.05, 0) is 56.2 Å². The number of alkyl halides is 3. The van der Waals surface area contributed by atoms with Crippen molar-refractivity contribution in [2.24, 2.45) is 0 Å². The molecule has 0 saturated carbocycles. The molecule has 1 heterocycles. The zero-order chi connectivity index (χ0) is 26.0. The Morgan fingerprint density at radius 1 is 0.944 bits per heavy atom. The first kappa shape index (κ1) is 27.1. The molecule has 9 heteroatoms. The summed E-state index contributed by atoms with van der Waals surface area (Å²) in [6, 6.07) is 14.0. The van der Waals surface area contributed by atoms with Crippen molar-refractivity contribution < 1.29 is 22.6 Å². The molecule has 6 nitrogen and oxygen atoms in total. The molecule has 194 valence electrons. The normalized spacial score (nSPS) is 12.2. The minimum atomic E-state index is -4.64. The predicted octanol–water partition coefficient (Wildman–Crippen LogP) is 8.12. The number of nitrogens with zero attached hydrogens (tertiary/aromatic N) is 2. The van der Waals surface area contributed by atoms with Gasteiger partial charge in [-0.3, -0.25) is 0 Å². The lowest BCUT2D eigenvalue weighted by Crippen LogP contribution is -2.14. The second kappa shape index (κ2) is 13.0. The summed E-state index contributed by atoms with van der Waals surface area (Å²) < 4.78 is 52.7. The number of ether oxygens (including phenoxy) is 2. The zero-order valence-corrected chi connectivity index (χ0v) is 20.9. The van der Waals surface area contributed by atoms with Crippen molar-refractivity contribution in [1.82, 2.24) is 9.97 Å². The number of rotatable bonds is 13. The van der Waals surface area contributed by atoms with Gasteiger partial charge in [-0.2, -0.15) is 18.2 Å². The number of benzene rings is 2. The lowest BCUT2D eigenvalue weighted by Gasteiger charge is -2.19. The van der Waals surface area contributed by atoms with Crippen LogP contribution in [0.2, 0.25) is 0 Å².